The predicted molar refractivity (Wildman–Crippen MR) is 144 cm³/mol. The molecule has 0 aliphatic carbocycles. The van der Waals surface area contributed by atoms with Gasteiger partial charge in [0.15, 0.2) is 0 Å². The van der Waals surface area contributed by atoms with E-state index in [1.807, 2.05) is 0 Å². The molecule has 6 nitrogen and oxygen atoms in total. The number of nitrogens with one attached hydrogen (secondary N) is 1. The molecule has 0 aromatic heterocycles. The van der Waals surface area contributed by atoms with Crippen molar-refractivity contribution in [2.75, 3.05) is 0 Å². The molecule has 0 saturated carbocycles. The van der Waals surface area contributed by atoms with Crippen molar-refractivity contribution >= 4 is 17.8 Å². The first-order valence-corrected chi connectivity index (χ1v) is 14.7. The van der Waals surface area contributed by atoms with E-state index in [9.17, 15) is 14.4 Å². The summed E-state index contributed by atoms with van der Waals surface area (Å²) >= 11 is 0. The van der Waals surface area contributed by atoms with E-state index in [-0.39, 0.29) is 12.3 Å². The van der Waals surface area contributed by atoms with Crippen LogP contribution in [0.2, 0.25) is 0 Å². The van der Waals surface area contributed by atoms with Gasteiger partial charge in [0.1, 0.15) is 6.04 Å². The van der Waals surface area contributed by atoms with Crippen molar-refractivity contribution < 1.29 is 24.6 Å². The van der Waals surface area contributed by atoms with E-state index in [1.165, 1.54) is 122 Å². The zero-order chi connectivity index (χ0) is 26.0. The first-order chi connectivity index (χ1) is 17.0. The fraction of sp³-hybridized carbons (Fsp3) is 0.897. The van der Waals surface area contributed by atoms with Crippen LogP contribution in [0.25, 0.3) is 0 Å². The molecule has 0 aliphatic rings. The number of aliphatic carboxylic acids is 2. The number of hydrogen-bond acceptors (Lipinski definition) is 3. The normalized spacial score (nSPS) is 11.9. The van der Waals surface area contributed by atoms with E-state index in [0.29, 0.717) is 6.42 Å². The quantitative estimate of drug-likeness (QED) is 0.0997. The zero-order valence-electron chi connectivity index (χ0n) is 22.7. The summed E-state index contributed by atoms with van der Waals surface area (Å²) in [6, 6.07) is -1.35. The Morgan fingerprint density at radius 2 is 0.857 bits per heavy atom. The van der Waals surface area contributed by atoms with Crippen molar-refractivity contribution in [2.45, 2.75) is 167 Å². The molecular weight excluding hydrogens is 442 g/mol. The first kappa shape index (κ1) is 33.4. The molecule has 1 atom stereocenters. The van der Waals surface area contributed by atoms with Gasteiger partial charge in [-0.3, -0.25) is 9.59 Å². The van der Waals surface area contributed by atoms with Crippen LogP contribution >= 0.6 is 0 Å². The fourth-order valence-electron chi connectivity index (χ4n) is 4.54. The highest BCUT2D eigenvalue weighted by atomic mass is 16.4. The lowest BCUT2D eigenvalue weighted by Gasteiger charge is -2.12. The number of carbonyl (C=O) groups excluding carboxylic acids is 1. The minimum absolute atomic E-state index is 0.253. The second-order valence-corrected chi connectivity index (χ2v) is 10.2. The summed E-state index contributed by atoms with van der Waals surface area (Å²) in [5.41, 5.74) is 0. The zero-order valence-corrected chi connectivity index (χ0v) is 22.7. The molecule has 0 aliphatic heterocycles. The van der Waals surface area contributed by atoms with E-state index >= 15 is 0 Å². The number of carbonyl (C=O) groups is 3. The van der Waals surface area contributed by atoms with Crippen LogP contribution in [0.5, 0.6) is 0 Å². The molecule has 3 N–H and O–H groups in total. The Morgan fingerprint density at radius 3 is 1.14 bits per heavy atom. The fourth-order valence-corrected chi connectivity index (χ4v) is 4.54. The summed E-state index contributed by atoms with van der Waals surface area (Å²) in [4.78, 5) is 33.4. The minimum Gasteiger partial charge on any atom is -0.481 e. The number of carboxylic acid groups (broad SMARTS) is 2. The second-order valence-electron chi connectivity index (χ2n) is 10.2. The second kappa shape index (κ2) is 25.5. The SMILES string of the molecule is CCCCCCCCCCCCCCCCCCCCCCCCC(=O)N[C@@H](CC(=O)O)C(=O)O. The third kappa shape index (κ3) is 25.3. The molecule has 1 amide bonds. The van der Waals surface area contributed by atoms with E-state index in [4.69, 9.17) is 10.2 Å². The van der Waals surface area contributed by atoms with Crippen molar-refractivity contribution in [3.63, 3.8) is 0 Å². The number of hydrogen-bond donors (Lipinski definition) is 3. The molecule has 0 fully saturated rings. The number of amides is 1. The highest BCUT2D eigenvalue weighted by Gasteiger charge is 2.22. The van der Waals surface area contributed by atoms with Gasteiger partial charge in [0.2, 0.25) is 5.91 Å². The van der Waals surface area contributed by atoms with E-state index < -0.39 is 24.4 Å². The highest BCUT2D eigenvalue weighted by molar-refractivity contribution is 5.86. The Balaban J connectivity index is 3.29. The molecule has 0 spiro atoms. The monoisotopic (exact) mass is 497 g/mol. The number of rotatable bonds is 27. The van der Waals surface area contributed by atoms with Crippen molar-refractivity contribution in [1.29, 1.82) is 0 Å². The van der Waals surface area contributed by atoms with Crippen molar-refractivity contribution in [3.8, 4) is 0 Å². The van der Waals surface area contributed by atoms with Gasteiger partial charge in [0.25, 0.3) is 0 Å². The van der Waals surface area contributed by atoms with Gasteiger partial charge >= 0.3 is 11.9 Å². The third-order valence-corrected chi connectivity index (χ3v) is 6.77. The average molecular weight is 498 g/mol. The maximum absolute atomic E-state index is 11.8. The van der Waals surface area contributed by atoms with Gasteiger partial charge in [-0.05, 0) is 6.42 Å². The summed E-state index contributed by atoms with van der Waals surface area (Å²) in [6.07, 6.45) is 28.5. The summed E-state index contributed by atoms with van der Waals surface area (Å²) in [7, 11) is 0. The Labute approximate surface area is 215 Å². The summed E-state index contributed by atoms with van der Waals surface area (Å²) in [6.45, 7) is 2.28. The van der Waals surface area contributed by atoms with Crippen molar-refractivity contribution in [1.82, 2.24) is 5.32 Å². The van der Waals surface area contributed by atoms with Crippen molar-refractivity contribution in [3.05, 3.63) is 0 Å². The number of carboxylic acids is 2. The van der Waals surface area contributed by atoms with Gasteiger partial charge < -0.3 is 15.5 Å². The largest absolute Gasteiger partial charge is 0.481 e. The lowest BCUT2D eigenvalue weighted by molar-refractivity contribution is -0.147. The number of unbranched alkanes of at least 4 members (excludes halogenated alkanes) is 21. The Morgan fingerprint density at radius 1 is 0.543 bits per heavy atom. The van der Waals surface area contributed by atoms with Crippen LogP contribution in [-0.4, -0.2) is 34.1 Å². The molecule has 0 rings (SSSR count). The van der Waals surface area contributed by atoms with Crippen LogP contribution in [0, 0.1) is 0 Å². The third-order valence-electron chi connectivity index (χ3n) is 6.77. The lowest BCUT2D eigenvalue weighted by atomic mass is 10.0. The average Bonchev–Trinajstić information content (AvgIpc) is 2.81. The smallest absolute Gasteiger partial charge is 0.326 e. The molecule has 0 bridgehead atoms. The molecule has 0 aromatic rings. The molecular formula is C29H55NO5. The minimum atomic E-state index is -1.35. The van der Waals surface area contributed by atoms with Crippen LogP contribution in [0.3, 0.4) is 0 Å². The maximum Gasteiger partial charge on any atom is 0.326 e. The topological polar surface area (TPSA) is 104 Å². The molecule has 35 heavy (non-hydrogen) atoms. The molecule has 6 heteroatoms. The Kier molecular flexibility index (Phi) is 24.3. The molecule has 206 valence electrons. The van der Waals surface area contributed by atoms with Crippen LogP contribution in [0.4, 0.5) is 0 Å². The van der Waals surface area contributed by atoms with Crippen LogP contribution in [0.1, 0.15) is 161 Å². The van der Waals surface area contributed by atoms with Gasteiger partial charge in [-0.2, -0.15) is 0 Å². The van der Waals surface area contributed by atoms with Gasteiger partial charge in [-0.1, -0.05) is 142 Å². The van der Waals surface area contributed by atoms with Gasteiger partial charge in [-0.25, -0.2) is 4.79 Å². The van der Waals surface area contributed by atoms with E-state index in [2.05, 4.69) is 12.2 Å². The van der Waals surface area contributed by atoms with Gasteiger partial charge in [0, 0.05) is 6.42 Å². The molecule has 0 saturated heterocycles. The van der Waals surface area contributed by atoms with Crippen LogP contribution in [0.15, 0.2) is 0 Å². The molecule has 0 heterocycles. The van der Waals surface area contributed by atoms with Crippen LogP contribution in [-0.2, 0) is 14.4 Å². The van der Waals surface area contributed by atoms with Crippen molar-refractivity contribution in [2.24, 2.45) is 0 Å². The van der Waals surface area contributed by atoms with E-state index in [0.717, 1.165) is 12.8 Å². The van der Waals surface area contributed by atoms with Gasteiger partial charge in [-0.15, -0.1) is 0 Å². The Hall–Kier alpha value is -1.59. The molecule has 0 radical (unpaired) electrons. The summed E-state index contributed by atoms with van der Waals surface area (Å²) < 4.78 is 0. The lowest BCUT2D eigenvalue weighted by Crippen LogP contribution is -2.42. The predicted octanol–water partition coefficient (Wildman–Crippen LogP) is 8.02. The Bertz CT molecular complexity index is 523. The van der Waals surface area contributed by atoms with Crippen LogP contribution < -0.4 is 5.32 Å². The first-order valence-electron chi connectivity index (χ1n) is 14.7. The van der Waals surface area contributed by atoms with E-state index in [1.54, 1.807) is 0 Å². The summed E-state index contributed by atoms with van der Waals surface area (Å²) in [5.74, 6) is -2.93. The molecule has 0 unspecified atom stereocenters. The van der Waals surface area contributed by atoms with Gasteiger partial charge in [0.05, 0.1) is 6.42 Å². The standard InChI is InChI=1S/C29H55NO5/c1-2-3-4-5-6-7-8-9-10-11-12-13-14-15-16-17-18-19-20-21-22-23-24-27(31)30-26(29(34)35)25-28(32)33/h26H,2-25H2,1H3,(H,30,31)(H,32,33)(H,34,35)/t26-/m0/s1. The molecule has 0 aromatic carbocycles. The highest BCUT2D eigenvalue weighted by Crippen LogP contribution is 2.15. The summed E-state index contributed by atoms with van der Waals surface area (Å²) in [5, 5.41) is 19.9. The maximum atomic E-state index is 11.8.